The summed E-state index contributed by atoms with van der Waals surface area (Å²) in [5.41, 5.74) is 1.01. The Morgan fingerprint density at radius 3 is 3.00 bits per heavy atom. The largest absolute Gasteiger partial charge is 0.263 e. The molecule has 2 nitrogen and oxygen atoms in total. The van der Waals surface area contributed by atoms with E-state index in [2.05, 4.69) is 40.0 Å². The van der Waals surface area contributed by atoms with Crippen LogP contribution in [0.1, 0.15) is 38.2 Å². The molecule has 1 aromatic heterocycles. The zero-order valence-corrected chi connectivity index (χ0v) is 11.7. The average Bonchev–Trinajstić information content (AvgIpc) is 2.73. The van der Waals surface area contributed by atoms with Crippen LogP contribution >= 0.6 is 15.9 Å². The third-order valence-electron chi connectivity index (χ3n) is 3.83. The van der Waals surface area contributed by atoms with Crippen LogP contribution in [0.4, 0.5) is 0 Å². The molecule has 1 heterocycles. The highest BCUT2D eigenvalue weighted by molar-refractivity contribution is 9.10. The van der Waals surface area contributed by atoms with Crippen LogP contribution in [-0.4, -0.2) is 4.98 Å². The van der Waals surface area contributed by atoms with Crippen LogP contribution in [0.3, 0.4) is 0 Å². The van der Waals surface area contributed by atoms with Gasteiger partial charge in [0.25, 0.3) is 0 Å². The van der Waals surface area contributed by atoms with Gasteiger partial charge in [0.2, 0.25) is 0 Å². The molecule has 17 heavy (non-hydrogen) atoms. The van der Waals surface area contributed by atoms with E-state index in [-0.39, 0.29) is 5.41 Å². The molecule has 0 aliphatic heterocycles. The molecule has 0 saturated heterocycles. The Morgan fingerprint density at radius 2 is 2.41 bits per heavy atom. The monoisotopic (exact) mass is 292 g/mol. The van der Waals surface area contributed by atoms with Gasteiger partial charge >= 0.3 is 0 Å². The summed E-state index contributed by atoms with van der Waals surface area (Å²) in [5, 5.41) is 9.48. The molecule has 2 unspecified atom stereocenters. The van der Waals surface area contributed by atoms with E-state index in [1.807, 2.05) is 6.20 Å². The fourth-order valence-corrected chi connectivity index (χ4v) is 3.24. The van der Waals surface area contributed by atoms with Crippen molar-refractivity contribution in [3.63, 3.8) is 0 Å². The lowest BCUT2D eigenvalue weighted by molar-refractivity contribution is 0.380. The number of aromatic nitrogens is 1. The third-order valence-corrected chi connectivity index (χ3v) is 4.26. The topological polar surface area (TPSA) is 36.7 Å². The Kier molecular flexibility index (Phi) is 3.83. The van der Waals surface area contributed by atoms with Crippen molar-refractivity contribution in [2.75, 3.05) is 0 Å². The summed E-state index contributed by atoms with van der Waals surface area (Å²) in [6.45, 7) is 2.22. The van der Waals surface area contributed by atoms with E-state index in [1.54, 1.807) is 6.20 Å². The van der Waals surface area contributed by atoms with Crippen molar-refractivity contribution in [2.24, 2.45) is 11.3 Å². The minimum atomic E-state index is -0.150. The first-order valence-electron chi connectivity index (χ1n) is 6.18. The van der Waals surface area contributed by atoms with Crippen molar-refractivity contribution >= 4 is 15.9 Å². The molecule has 1 aliphatic carbocycles. The van der Waals surface area contributed by atoms with Gasteiger partial charge in [-0.15, -0.1) is 0 Å². The van der Waals surface area contributed by atoms with E-state index >= 15 is 0 Å². The number of nitriles is 1. The van der Waals surface area contributed by atoms with Crippen molar-refractivity contribution < 1.29 is 0 Å². The van der Waals surface area contributed by atoms with Crippen molar-refractivity contribution in [3.05, 3.63) is 28.5 Å². The van der Waals surface area contributed by atoms with Crippen LogP contribution in [0.15, 0.2) is 22.9 Å². The summed E-state index contributed by atoms with van der Waals surface area (Å²) in [4.78, 5) is 4.17. The van der Waals surface area contributed by atoms with Gasteiger partial charge < -0.3 is 0 Å². The van der Waals surface area contributed by atoms with Gasteiger partial charge in [-0.1, -0.05) is 13.3 Å². The highest BCUT2D eigenvalue weighted by Crippen LogP contribution is 2.44. The van der Waals surface area contributed by atoms with Crippen LogP contribution in [0.5, 0.6) is 0 Å². The highest BCUT2D eigenvalue weighted by atomic mass is 79.9. The van der Waals surface area contributed by atoms with Crippen LogP contribution < -0.4 is 0 Å². The van der Waals surface area contributed by atoms with Crippen molar-refractivity contribution in [2.45, 2.75) is 39.0 Å². The maximum Gasteiger partial charge on any atom is 0.0693 e. The van der Waals surface area contributed by atoms with E-state index < -0.39 is 0 Å². The van der Waals surface area contributed by atoms with Crippen molar-refractivity contribution in [1.82, 2.24) is 4.98 Å². The first kappa shape index (κ1) is 12.6. The second kappa shape index (κ2) is 5.18. The van der Waals surface area contributed by atoms with Crippen molar-refractivity contribution in [3.8, 4) is 6.07 Å². The minimum absolute atomic E-state index is 0.150. The molecule has 90 valence electrons. The molecule has 1 fully saturated rings. The van der Waals surface area contributed by atoms with E-state index in [1.165, 1.54) is 12.8 Å². The molecule has 1 aromatic rings. The number of nitrogens with zero attached hydrogens (tertiary/aromatic N) is 2. The van der Waals surface area contributed by atoms with Crippen molar-refractivity contribution in [1.29, 1.82) is 5.26 Å². The standard InChI is InChI=1S/C14H17BrN2/c1-2-11-3-4-14(6-11,10-16)7-12-5-13(15)9-17-8-12/h5,8-9,11H,2-4,6-7H2,1H3. The van der Waals surface area contributed by atoms with Gasteiger partial charge in [-0.25, -0.2) is 0 Å². The van der Waals surface area contributed by atoms with Gasteiger partial charge in [0.05, 0.1) is 11.5 Å². The zero-order chi connectivity index (χ0) is 12.3. The Hall–Kier alpha value is -0.880. The number of hydrogen-bond donors (Lipinski definition) is 0. The molecular formula is C14H17BrN2. The molecular weight excluding hydrogens is 276 g/mol. The molecule has 1 saturated carbocycles. The molecule has 2 rings (SSSR count). The third kappa shape index (κ3) is 2.87. The van der Waals surface area contributed by atoms with Gasteiger partial charge in [-0.2, -0.15) is 5.26 Å². The van der Waals surface area contributed by atoms with Gasteiger partial charge in [-0.05, 0) is 59.2 Å². The molecule has 0 N–H and O–H groups in total. The fourth-order valence-electron chi connectivity index (χ4n) is 2.83. The smallest absolute Gasteiger partial charge is 0.0693 e. The second-order valence-electron chi connectivity index (χ2n) is 5.10. The lowest BCUT2D eigenvalue weighted by Crippen LogP contribution is -2.18. The Labute approximate surface area is 111 Å². The van der Waals surface area contributed by atoms with Gasteiger partial charge in [0.1, 0.15) is 0 Å². The van der Waals surface area contributed by atoms with Gasteiger partial charge in [0.15, 0.2) is 0 Å². The number of hydrogen-bond acceptors (Lipinski definition) is 2. The summed E-state index contributed by atoms with van der Waals surface area (Å²) in [7, 11) is 0. The van der Waals surface area contributed by atoms with E-state index in [0.717, 1.165) is 35.2 Å². The first-order valence-corrected chi connectivity index (χ1v) is 6.97. The lowest BCUT2D eigenvalue weighted by Gasteiger charge is -2.20. The molecule has 3 heteroatoms. The predicted octanol–water partition coefficient (Wildman–Crippen LogP) is 4.11. The molecule has 0 radical (unpaired) electrons. The quantitative estimate of drug-likeness (QED) is 0.841. The zero-order valence-electron chi connectivity index (χ0n) is 10.1. The maximum atomic E-state index is 9.48. The second-order valence-corrected chi connectivity index (χ2v) is 6.01. The van der Waals surface area contributed by atoms with Crippen LogP contribution in [0.25, 0.3) is 0 Å². The Morgan fingerprint density at radius 1 is 1.59 bits per heavy atom. The van der Waals surface area contributed by atoms with Gasteiger partial charge in [-0.3, -0.25) is 4.98 Å². The normalized spacial score (nSPS) is 27.9. The summed E-state index contributed by atoms with van der Waals surface area (Å²) in [6, 6.07) is 4.64. The molecule has 1 aliphatic rings. The minimum Gasteiger partial charge on any atom is -0.263 e. The summed E-state index contributed by atoms with van der Waals surface area (Å²) in [5.74, 6) is 0.731. The predicted molar refractivity (Wildman–Crippen MR) is 71.3 cm³/mol. The fraction of sp³-hybridized carbons (Fsp3) is 0.571. The first-order chi connectivity index (χ1) is 8.17. The van der Waals surface area contributed by atoms with Crippen LogP contribution in [0.2, 0.25) is 0 Å². The molecule has 0 spiro atoms. The lowest BCUT2D eigenvalue weighted by atomic mass is 9.81. The molecule has 2 atom stereocenters. The van der Waals surface area contributed by atoms with E-state index in [9.17, 15) is 5.26 Å². The van der Waals surface area contributed by atoms with E-state index in [4.69, 9.17) is 0 Å². The molecule has 0 aromatic carbocycles. The maximum absolute atomic E-state index is 9.48. The van der Waals surface area contributed by atoms with Gasteiger partial charge in [0, 0.05) is 16.9 Å². The summed E-state index contributed by atoms with van der Waals surface area (Å²) >= 11 is 3.43. The molecule has 0 bridgehead atoms. The molecule has 0 amide bonds. The number of rotatable bonds is 3. The summed E-state index contributed by atoms with van der Waals surface area (Å²) < 4.78 is 0.994. The van der Waals surface area contributed by atoms with Crippen LogP contribution in [-0.2, 0) is 6.42 Å². The Bertz CT molecular complexity index is 438. The highest BCUT2D eigenvalue weighted by Gasteiger charge is 2.38. The number of halogens is 1. The SMILES string of the molecule is CCC1CCC(C#N)(Cc2cncc(Br)c2)C1. The average molecular weight is 293 g/mol. The van der Waals surface area contributed by atoms with Crippen LogP contribution in [0, 0.1) is 22.7 Å². The number of pyridine rings is 1. The van der Waals surface area contributed by atoms with E-state index in [0.29, 0.717) is 0 Å². The summed E-state index contributed by atoms with van der Waals surface area (Å²) in [6.07, 6.45) is 8.98. The Balaban J connectivity index is 2.14.